The average molecular weight is 405 g/mol. The van der Waals surface area contributed by atoms with Crippen LogP contribution in [0, 0.1) is 0 Å². The number of nitrogens with one attached hydrogen (secondary N) is 3. The zero-order valence-corrected chi connectivity index (χ0v) is 15.0. The molecule has 0 saturated heterocycles. The molecule has 0 bridgehead atoms. The Kier molecular flexibility index (Phi) is 10.6. The van der Waals surface area contributed by atoms with Crippen LogP contribution in [-0.2, 0) is 0 Å². The van der Waals surface area contributed by atoms with E-state index in [1.165, 1.54) is 0 Å². The highest BCUT2D eigenvalue weighted by Crippen LogP contribution is 1.94. The molecule has 0 saturated carbocycles. The van der Waals surface area contributed by atoms with Gasteiger partial charge in [-0.05, 0) is 25.5 Å². The molecule has 1 atom stereocenters. The summed E-state index contributed by atoms with van der Waals surface area (Å²) in [6.07, 6.45) is 4.22. The Morgan fingerprint density at radius 2 is 2.10 bits per heavy atom. The van der Waals surface area contributed by atoms with Crippen LogP contribution in [0.15, 0.2) is 29.5 Å². The molecule has 1 aromatic rings. The van der Waals surface area contributed by atoms with Crippen molar-refractivity contribution in [1.82, 2.24) is 20.9 Å². The summed E-state index contributed by atoms with van der Waals surface area (Å²) in [7, 11) is 1.73. The van der Waals surface area contributed by atoms with Crippen LogP contribution in [0.4, 0.5) is 0 Å². The second-order valence-corrected chi connectivity index (χ2v) is 4.45. The second kappa shape index (κ2) is 11.3. The third-order valence-electron chi connectivity index (χ3n) is 2.85. The lowest BCUT2D eigenvalue weighted by atomic mass is 10.3. The number of guanidine groups is 1. The van der Waals surface area contributed by atoms with Crippen molar-refractivity contribution in [2.24, 2.45) is 4.99 Å². The lowest BCUT2D eigenvalue weighted by Gasteiger charge is -2.16. The maximum atomic E-state index is 11.8. The molecule has 0 aliphatic rings. The molecule has 7 heteroatoms. The van der Waals surface area contributed by atoms with E-state index in [-0.39, 0.29) is 29.9 Å². The number of aliphatic imine (C=N–C) groups is 1. The summed E-state index contributed by atoms with van der Waals surface area (Å²) in [6.45, 7) is 5.34. The summed E-state index contributed by atoms with van der Waals surface area (Å²) in [5.74, 6) is 0.625. The average Bonchev–Trinajstić information content (AvgIpc) is 2.50. The van der Waals surface area contributed by atoms with Crippen molar-refractivity contribution in [3.8, 4) is 0 Å². The van der Waals surface area contributed by atoms with Gasteiger partial charge in [0, 0.05) is 38.6 Å². The molecule has 1 heterocycles. The maximum absolute atomic E-state index is 11.8. The zero-order chi connectivity index (χ0) is 14.8. The summed E-state index contributed by atoms with van der Waals surface area (Å²) in [5, 5.41) is 9.22. The van der Waals surface area contributed by atoms with Crippen LogP contribution in [0.3, 0.4) is 0 Å². The minimum absolute atomic E-state index is 0. The first-order valence-corrected chi connectivity index (χ1v) is 6.82. The number of aromatic nitrogens is 1. The Balaban J connectivity index is 0.00000400. The van der Waals surface area contributed by atoms with Gasteiger partial charge in [0.05, 0.1) is 5.56 Å². The highest BCUT2D eigenvalue weighted by molar-refractivity contribution is 14.0. The van der Waals surface area contributed by atoms with E-state index in [0.29, 0.717) is 24.7 Å². The Morgan fingerprint density at radius 1 is 1.38 bits per heavy atom. The van der Waals surface area contributed by atoms with Crippen LogP contribution in [0.5, 0.6) is 0 Å². The van der Waals surface area contributed by atoms with Crippen molar-refractivity contribution in [3.05, 3.63) is 30.1 Å². The Hall–Kier alpha value is -1.38. The molecule has 1 unspecified atom stereocenters. The summed E-state index contributed by atoms with van der Waals surface area (Å²) >= 11 is 0. The van der Waals surface area contributed by atoms with E-state index in [1.54, 1.807) is 31.6 Å². The maximum Gasteiger partial charge on any atom is 0.252 e. The Bertz CT molecular complexity index is 438. The summed E-state index contributed by atoms with van der Waals surface area (Å²) in [5.41, 5.74) is 0.564. The molecular weight excluding hydrogens is 381 g/mol. The molecule has 0 aliphatic heterocycles. The van der Waals surface area contributed by atoms with Crippen LogP contribution in [0.25, 0.3) is 0 Å². The van der Waals surface area contributed by atoms with Gasteiger partial charge >= 0.3 is 0 Å². The number of nitrogens with zero attached hydrogens (tertiary/aromatic N) is 2. The monoisotopic (exact) mass is 405 g/mol. The van der Waals surface area contributed by atoms with Crippen LogP contribution >= 0.6 is 24.0 Å². The largest absolute Gasteiger partial charge is 0.355 e. The van der Waals surface area contributed by atoms with Gasteiger partial charge in [0.15, 0.2) is 5.96 Å². The van der Waals surface area contributed by atoms with Crippen molar-refractivity contribution >= 4 is 35.8 Å². The minimum Gasteiger partial charge on any atom is -0.355 e. The van der Waals surface area contributed by atoms with Crippen LogP contribution in [0.2, 0.25) is 0 Å². The number of halogens is 1. The molecule has 3 N–H and O–H groups in total. The first-order chi connectivity index (χ1) is 9.67. The molecule has 0 aliphatic carbocycles. The topological polar surface area (TPSA) is 78.4 Å². The van der Waals surface area contributed by atoms with Crippen molar-refractivity contribution in [2.45, 2.75) is 26.3 Å². The molecule has 0 spiro atoms. The number of carbonyl (C=O) groups excluding carboxylic acids is 1. The third kappa shape index (κ3) is 7.84. The quantitative estimate of drug-likeness (QED) is 0.289. The van der Waals surface area contributed by atoms with Gasteiger partial charge in [-0.15, -0.1) is 24.0 Å². The van der Waals surface area contributed by atoms with E-state index in [1.807, 2.05) is 0 Å². The molecule has 1 rings (SSSR count). The smallest absolute Gasteiger partial charge is 0.252 e. The van der Waals surface area contributed by atoms with Gasteiger partial charge in [-0.25, -0.2) is 0 Å². The highest BCUT2D eigenvalue weighted by Gasteiger charge is 2.05. The highest BCUT2D eigenvalue weighted by atomic mass is 127. The molecule has 0 fully saturated rings. The van der Waals surface area contributed by atoms with Gasteiger partial charge in [-0.1, -0.05) is 6.92 Å². The third-order valence-corrected chi connectivity index (χ3v) is 2.85. The predicted octanol–water partition coefficient (Wildman–Crippen LogP) is 1.39. The molecule has 21 heavy (non-hydrogen) atoms. The van der Waals surface area contributed by atoms with E-state index < -0.39 is 0 Å². The molecule has 118 valence electrons. The Labute approximate surface area is 143 Å². The summed E-state index contributed by atoms with van der Waals surface area (Å²) in [4.78, 5) is 19.8. The molecule has 1 aromatic heterocycles. The van der Waals surface area contributed by atoms with Gasteiger partial charge in [0.1, 0.15) is 0 Å². The molecule has 6 nitrogen and oxygen atoms in total. The lowest BCUT2D eigenvalue weighted by molar-refractivity contribution is 0.0954. The van der Waals surface area contributed by atoms with E-state index in [9.17, 15) is 4.79 Å². The molecule has 0 aromatic carbocycles. The zero-order valence-electron chi connectivity index (χ0n) is 12.7. The standard InChI is InChI=1S/C14H23N5O.HI/c1-4-11(2)19-14(15-3)18-9-8-17-13(20)12-6-5-7-16-10-12;/h5-7,10-11H,4,8-9H2,1-3H3,(H,17,20)(H2,15,18,19);1H. The number of hydrogen-bond donors (Lipinski definition) is 3. The van der Waals surface area contributed by atoms with E-state index in [2.05, 4.69) is 39.8 Å². The number of carbonyl (C=O) groups is 1. The van der Waals surface area contributed by atoms with Gasteiger partial charge < -0.3 is 16.0 Å². The Morgan fingerprint density at radius 3 is 2.67 bits per heavy atom. The fourth-order valence-corrected chi connectivity index (χ4v) is 1.49. The fourth-order valence-electron chi connectivity index (χ4n) is 1.49. The lowest BCUT2D eigenvalue weighted by Crippen LogP contribution is -2.44. The van der Waals surface area contributed by atoms with E-state index >= 15 is 0 Å². The van der Waals surface area contributed by atoms with Gasteiger partial charge in [-0.3, -0.25) is 14.8 Å². The number of rotatable bonds is 6. The van der Waals surface area contributed by atoms with E-state index in [0.717, 1.165) is 12.4 Å². The van der Waals surface area contributed by atoms with E-state index in [4.69, 9.17) is 0 Å². The van der Waals surface area contributed by atoms with Crippen LogP contribution < -0.4 is 16.0 Å². The van der Waals surface area contributed by atoms with Gasteiger partial charge in [0.2, 0.25) is 0 Å². The fraction of sp³-hybridized carbons (Fsp3) is 0.500. The first kappa shape index (κ1) is 19.6. The SMILES string of the molecule is CCC(C)NC(=NC)NCCNC(=O)c1cccnc1.I. The first-order valence-electron chi connectivity index (χ1n) is 6.82. The van der Waals surface area contributed by atoms with Gasteiger partial charge in [0.25, 0.3) is 5.91 Å². The van der Waals surface area contributed by atoms with Crippen molar-refractivity contribution in [2.75, 3.05) is 20.1 Å². The van der Waals surface area contributed by atoms with Gasteiger partial charge in [-0.2, -0.15) is 0 Å². The second-order valence-electron chi connectivity index (χ2n) is 4.45. The molecular formula is C14H24IN5O. The molecule has 1 amide bonds. The number of amides is 1. The summed E-state index contributed by atoms with van der Waals surface area (Å²) in [6, 6.07) is 3.84. The molecule has 0 radical (unpaired) electrons. The number of pyridine rings is 1. The van der Waals surface area contributed by atoms with Crippen LogP contribution in [-0.4, -0.2) is 43.0 Å². The predicted molar refractivity (Wildman–Crippen MR) is 96.2 cm³/mol. The van der Waals surface area contributed by atoms with Crippen molar-refractivity contribution in [3.63, 3.8) is 0 Å². The summed E-state index contributed by atoms with van der Waals surface area (Å²) < 4.78 is 0. The number of hydrogen-bond acceptors (Lipinski definition) is 3. The normalized spacial score (nSPS) is 12.0. The minimum atomic E-state index is -0.121. The van der Waals surface area contributed by atoms with Crippen molar-refractivity contribution < 1.29 is 4.79 Å². The van der Waals surface area contributed by atoms with Crippen molar-refractivity contribution in [1.29, 1.82) is 0 Å². The van der Waals surface area contributed by atoms with Crippen LogP contribution in [0.1, 0.15) is 30.6 Å².